The Labute approximate surface area is 112 Å². The lowest BCUT2D eigenvalue weighted by Crippen LogP contribution is -2.10. The van der Waals surface area contributed by atoms with Gasteiger partial charge in [0.1, 0.15) is 5.82 Å². The van der Waals surface area contributed by atoms with Crippen molar-refractivity contribution in [3.8, 4) is 11.4 Å². The summed E-state index contributed by atoms with van der Waals surface area (Å²) in [5, 5.41) is 0. The molecule has 0 saturated carbocycles. The zero-order valence-corrected chi connectivity index (χ0v) is 11.2. The first kappa shape index (κ1) is 13.5. The minimum atomic E-state index is 0.603. The first-order chi connectivity index (χ1) is 9.26. The van der Waals surface area contributed by atoms with E-state index in [1.165, 1.54) is 0 Å². The van der Waals surface area contributed by atoms with Crippen molar-refractivity contribution in [1.82, 2.24) is 9.97 Å². The van der Waals surface area contributed by atoms with Crippen molar-refractivity contribution in [2.45, 2.75) is 20.0 Å². The number of anilines is 1. The number of nitrogens with zero attached hydrogens (tertiary/aromatic N) is 2. The smallest absolute Gasteiger partial charge is 0.161 e. The van der Waals surface area contributed by atoms with E-state index >= 15 is 0 Å². The minimum Gasteiger partial charge on any atom is -0.380 e. The molecule has 0 fully saturated rings. The van der Waals surface area contributed by atoms with Crippen molar-refractivity contribution in [2.75, 3.05) is 12.5 Å². The fraction of sp³-hybridized carbons (Fsp3) is 0.286. The molecule has 5 heteroatoms. The number of ether oxygens (including phenoxy) is 1. The monoisotopic (exact) mass is 258 g/mol. The van der Waals surface area contributed by atoms with E-state index in [4.69, 9.17) is 10.6 Å². The first-order valence-electron chi connectivity index (χ1n) is 6.19. The van der Waals surface area contributed by atoms with Crippen molar-refractivity contribution < 1.29 is 4.74 Å². The minimum absolute atomic E-state index is 0.603. The van der Waals surface area contributed by atoms with Crippen LogP contribution in [0, 0.1) is 0 Å². The highest BCUT2D eigenvalue weighted by molar-refractivity contribution is 5.58. The number of aromatic nitrogens is 2. The number of hydrogen-bond acceptors (Lipinski definition) is 5. The van der Waals surface area contributed by atoms with Crippen molar-refractivity contribution in [2.24, 2.45) is 5.84 Å². The predicted molar refractivity (Wildman–Crippen MR) is 75.4 cm³/mol. The maximum Gasteiger partial charge on any atom is 0.161 e. The van der Waals surface area contributed by atoms with Gasteiger partial charge in [0, 0.05) is 24.4 Å². The van der Waals surface area contributed by atoms with Crippen molar-refractivity contribution in [3.63, 3.8) is 0 Å². The number of nitrogens with two attached hydrogens (primary N) is 1. The van der Waals surface area contributed by atoms with Crippen LogP contribution in [0.1, 0.15) is 18.2 Å². The number of aryl methyl sites for hydroxylation is 1. The van der Waals surface area contributed by atoms with Gasteiger partial charge in [-0.15, -0.1) is 0 Å². The quantitative estimate of drug-likeness (QED) is 0.635. The molecular weight excluding hydrogens is 240 g/mol. The summed E-state index contributed by atoms with van der Waals surface area (Å²) in [5.41, 5.74) is 5.61. The van der Waals surface area contributed by atoms with Gasteiger partial charge in [-0.05, 0) is 12.0 Å². The lowest BCUT2D eigenvalue weighted by Gasteiger charge is -2.07. The standard InChI is InChI=1S/C14H18N4O/c1-3-12-8-13(18-15)17-14(16-12)11-6-4-10(5-7-11)9-19-2/h4-8H,3,9,15H2,1-2H3,(H,16,17,18). The second-order valence-corrected chi connectivity index (χ2v) is 4.20. The molecule has 1 aromatic carbocycles. The molecule has 19 heavy (non-hydrogen) atoms. The van der Waals surface area contributed by atoms with Crippen molar-refractivity contribution in [3.05, 3.63) is 41.6 Å². The lowest BCUT2D eigenvalue weighted by molar-refractivity contribution is 0.185. The molecule has 0 bridgehead atoms. The van der Waals surface area contributed by atoms with Crippen LogP contribution in [0.3, 0.4) is 0 Å². The van der Waals surface area contributed by atoms with Crippen LogP contribution in [0.5, 0.6) is 0 Å². The third kappa shape index (κ3) is 3.27. The molecule has 0 aliphatic heterocycles. The Morgan fingerprint density at radius 1 is 1.21 bits per heavy atom. The summed E-state index contributed by atoms with van der Waals surface area (Å²) in [6, 6.07) is 9.85. The highest BCUT2D eigenvalue weighted by atomic mass is 16.5. The molecule has 0 saturated heterocycles. The van der Waals surface area contributed by atoms with Gasteiger partial charge in [-0.25, -0.2) is 15.8 Å². The molecule has 1 aromatic heterocycles. The molecule has 0 atom stereocenters. The highest BCUT2D eigenvalue weighted by Crippen LogP contribution is 2.19. The number of nitrogen functional groups attached to an aromatic ring is 1. The predicted octanol–water partition coefficient (Wildman–Crippen LogP) is 2.14. The van der Waals surface area contributed by atoms with Gasteiger partial charge in [-0.3, -0.25) is 0 Å². The van der Waals surface area contributed by atoms with E-state index in [-0.39, 0.29) is 0 Å². The fourth-order valence-electron chi connectivity index (χ4n) is 1.80. The van der Waals surface area contributed by atoms with E-state index in [0.717, 1.165) is 23.2 Å². The molecule has 0 radical (unpaired) electrons. The normalized spacial score (nSPS) is 10.5. The summed E-state index contributed by atoms with van der Waals surface area (Å²) in [4.78, 5) is 8.88. The van der Waals surface area contributed by atoms with E-state index < -0.39 is 0 Å². The zero-order chi connectivity index (χ0) is 13.7. The Balaban J connectivity index is 2.34. The van der Waals surface area contributed by atoms with E-state index in [2.05, 4.69) is 15.4 Å². The first-order valence-corrected chi connectivity index (χ1v) is 6.19. The third-order valence-corrected chi connectivity index (χ3v) is 2.81. The molecule has 3 N–H and O–H groups in total. The van der Waals surface area contributed by atoms with E-state index in [0.29, 0.717) is 18.2 Å². The largest absolute Gasteiger partial charge is 0.380 e. The van der Waals surface area contributed by atoms with Gasteiger partial charge in [-0.2, -0.15) is 0 Å². The molecule has 0 amide bonds. The third-order valence-electron chi connectivity index (χ3n) is 2.81. The molecule has 0 aliphatic rings. The van der Waals surface area contributed by atoms with Crippen LogP contribution in [0.2, 0.25) is 0 Å². The Hall–Kier alpha value is -1.98. The van der Waals surface area contributed by atoms with E-state index in [1.54, 1.807) is 7.11 Å². The number of methoxy groups -OCH3 is 1. The van der Waals surface area contributed by atoms with Gasteiger partial charge in [-0.1, -0.05) is 31.2 Å². The SMILES string of the molecule is CCc1cc(NN)nc(-c2ccc(COC)cc2)n1. The second kappa shape index (κ2) is 6.26. The topological polar surface area (TPSA) is 73.1 Å². The summed E-state index contributed by atoms with van der Waals surface area (Å²) in [6.07, 6.45) is 0.839. The van der Waals surface area contributed by atoms with Gasteiger partial charge in [0.2, 0.25) is 0 Å². The molecule has 0 aliphatic carbocycles. The molecule has 1 heterocycles. The summed E-state index contributed by atoms with van der Waals surface area (Å²) in [6.45, 7) is 2.65. The number of benzene rings is 1. The number of hydrazine groups is 1. The van der Waals surface area contributed by atoms with Gasteiger partial charge in [0.15, 0.2) is 5.82 Å². The van der Waals surface area contributed by atoms with Gasteiger partial charge in [0.25, 0.3) is 0 Å². The molecular formula is C14H18N4O. The molecule has 100 valence electrons. The average molecular weight is 258 g/mol. The lowest BCUT2D eigenvalue weighted by atomic mass is 10.1. The molecule has 5 nitrogen and oxygen atoms in total. The summed E-state index contributed by atoms with van der Waals surface area (Å²) in [7, 11) is 1.68. The average Bonchev–Trinajstić information content (AvgIpc) is 2.47. The van der Waals surface area contributed by atoms with Crippen LogP contribution in [0.25, 0.3) is 11.4 Å². The summed E-state index contributed by atoms with van der Waals surface area (Å²) >= 11 is 0. The van der Waals surface area contributed by atoms with E-state index in [9.17, 15) is 0 Å². The van der Waals surface area contributed by atoms with Crippen LogP contribution in [0.15, 0.2) is 30.3 Å². The van der Waals surface area contributed by atoms with Gasteiger partial charge < -0.3 is 10.2 Å². The van der Waals surface area contributed by atoms with Gasteiger partial charge >= 0.3 is 0 Å². The summed E-state index contributed by atoms with van der Waals surface area (Å²) in [5.74, 6) is 6.73. The zero-order valence-electron chi connectivity index (χ0n) is 11.2. The van der Waals surface area contributed by atoms with Crippen LogP contribution in [0.4, 0.5) is 5.82 Å². The van der Waals surface area contributed by atoms with E-state index in [1.807, 2.05) is 37.3 Å². The van der Waals surface area contributed by atoms with Crippen LogP contribution >= 0.6 is 0 Å². The number of hydrogen-bond donors (Lipinski definition) is 2. The Morgan fingerprint density at radius 2 is 1.95 bits per heavy atom. The highest BCUT2D eigenvalue weighted by Gasteiger charge is 2.05. The van der Waals surface area contributed by atoms with Crippen LogP contribution in [-0.2, 0) is 17.8 Å². The van der Waals surface area contributed by atoms with Crippen molar-refractivity contribution in [1.29, 1.82) is 0 Å². The Bertz CT molecular complexity index is 517. The molecule has 2 rings (SSSR count). The molecule has 0 unspecified atom stereocenters. The Morgan fingerprint density at radius 3 is 2.53 bits per heavy atom. The second-order valence-electron chi connectivity index (χ2n) is 4.20. The number of rotatable bonds is 5. The van der Waals surface area contributed by atoms with Crippen LogP contribution < -0.4 is 11.3 Å². The van der Waals surface area contributed by atoms with Crippen molar-refractivity contribution >= 4 is 5.82 Å². The number of nitrogens with one attached hydrogen (secondary N) is 1. The molecule has 2 aromatic rings. The molecule has 0 spiro atoms. The summed E-state index contributed by atoms with van der Waals surface area (Å²) < 4.78 is 5.09. The Kier molecular flexibility index (Phi) is 4.43. The maximum atomic E-state index is 5.43. The van der Waals surface area contributed by atoms with Gasteiger partial charge in [0.05, 0.1) is 6.61 Å². The fourth-order valence-corrected chi connectivity index (χ4v) is 1.80. The van der Waals surface area contributed by atoms with Crippen LogP contribution in [-0.4, -0.2) is 17.1 Å². The maximum absolute atomic E-state index is 5.43.